The first-order chi connectivity index (χ1) is 3.50. The van der Waals surface area contributed by atoms with Gasteiger partial charge in [0.1, 0.15) is 0 Å². The Morgan fingerprint density at radius 1 is 1.57 bits per heavy atom. The standard InChI is InChI=1S/C5H4NS/c1-2-4-7-5-6-3-1/h2-5H. The molecule has 0 saturated carbocycles. The van der Waals surface area contributed by atoms with Gasteiger partial charge in [-0.25, -0.2) is 0 Å². The highest BCUT2D eigenvalue weighted by Gasteiger charge is 1.72. The molecule has 1 rings (SSSR count). The summed E-state index contributed by atoms with van der Waals surface area (Å²) in [4.78, 5) is 3.81. The topological polar surface area (TPSA) is 12.4 Å². The van der Waals surface area contributed by atoms with Gasteiger partial charge in [0, 0.05) is 12.3 Å². The average Bonchev–Trinajstić information content (AvgIpc) is 1.90. The Hall–Kier alpha value is -0.500. The van der Waals surface area contributed by atoms with Crippen molar-refractivity contribution in [2.75, 3.05) is 0 Å². The molecule has 0 aromatic carbocycles. The van der Waals surface area contributed by atoms with Gasteiger partial charge in [0.2, 0.25) is 0 Å². The molecule has 7 heavy (non-hydrogen) atoms. The molecule has 0 spiro atoms. The Labute approximate surface area is 46.8 Å². The summed E-state index contributed by atoms with van der Waals surface area (Å²) >= 11 is 1.55. The van der Waals surface area contributed by atoms with Crippen LogP contribution in [0.1, 0.15) is 0 Å². The van der Waals surface area contributed by atoms with E-state index in [2.05, 4.69) is 11.1 Å². The highest BCUT2D eigenvalue weighted by Crippen LogP contribution is 1.99. The Bertz CT molecular complexity index is 110. The lowest BCUT2D eigenvalue weighted by Gasteiger charge is -1.68. The van der Waals surface area contributed by atoms with Crippen LogP contribution in [0.15, 0.2) is 22.7 Å². The first kappa shape index (κ1) is 4.65. The van der Waals surface area contributed by atoms with E-state index in [0.29, 0.717) is 0 Å². The number of allylic oxidation sites excluding steroid dienone is 2. The summed E-state index contributed by atoms with van der Waals surface area (Å²) in [5.41, 5.74) is 1.76. The van der Waals surface area contributed by atoms with Crippen LogP contribution in [0.5, 0.6) is 0 Å². The summed E-state index contributed by atoms with van der Waals surface area (Å²) in [6.07, 6.45) is 6.29. The maximum atomic E-state index is 3.81. The Balaban J connectivity index is 2.60. The molecule has 0 atom stereocenters. The monoisotopic (exact) mass is 110 g/mol. The maximum absolute atomic E-state index is 3.81. The number of hydrogen-bond acceptors (Lipinski definition) is 2. The summed E-state index contributed by atoms with van der Waals surface area (Å²) in [5.74, 6) is 0. The minimum Gasteiger partial charge on any atom is -0.257 e. The van der Waals surface area contributed by atoms with Crippen LogP contribution in [0.4, 0.5) is 0 Å². The van der Waals surface area contributed by atoms with Gasteiger partial charge in [-0.2, -0.15) is 0 Å². The first-order valence-electron chi connectivity index (χ1n) is 1.90. The van der Waals surface area contributed by atoms with Crippen molar-refractivity contribution in [1.82, 2.24) is 0 Å². The first-order valence-corrected chi connectivity index (χ1v) is 2.84. The van der Waals surface area contributed by atoms with E-state index in [0.717, 1.165) is 0 Å². The minimum absolute atomic E-state index is 1.55. The van der Waals surface area contributed by atoms with E-state index in [1.807, 2.05) is 11.5 Å². The van der Waals surface area contributed by atoms with Gasteiger partial charge >= 0.3 is 0 Å². The summed E-state index contributed by atoms with van der Waals surface area (Å²) in [6, 6.07) is 0. The lowest BCUT2D eigenvalue weighted by atomic mass is 10.6. The van der Waals surface area contributed by atoms with Crippen molar-refractivity contribution in [2.45, 2.75) is 0 Å². The molecular weight excluding hydrogens is 106 g/mol. The molecule has 0 N–H and O–H groups in total. The molecule has 1 nitrogen and oxygen atoms in total. The lowest BCUT2D eigenvalue weighted by molar-refractivity contribution is 1.59. The van der Waals surface area contributed by atoms with Crippen LogP contribution in [-0.4, -0.2) is 5.55 Å². The van der Waals surface area contributed by atoms with Crippen LogP contribution >= 0.6 is 11.8 Å². The van der Waals surface area contributed by atoms with Gasteiger partial charge in [-0.05, 0) is 11.5 Å². The number of hydrogen-bond donors (Lipinski definition) is 0. The van der Waals surface area contributed by atoms with Crippen LogP contribution < -0.4 is 0 Å². The largest absolute Gasteiger partial charge is 0.257 e. The fourth-order valence-electron chi connectivity index (χ4n) is 0.265. The molecular formula is C5H4NS. The van der Waals surface area contributed by atoms with E-state index in [1.165, 1.54) is 0 Å². The van der Waals surface area contributed by atoms with Gasteiger partial charge in [-0.1, -0.05) is 11.8 Å². The van der Waals surface area contributed by atoms with Gasteiger partial charge < -0.3 is 0 Å². The third-order valence-electron chi connectivity index (χ3n) is 0.514. The zero-order valence-corrected chi connectivity index (χ0v) is 4.48. The zero-order chi connectivity index (χ0) is 4.95. The van der Waals surface area contributed by atoms with Crippen molar-refractivity contribution in [3.8, 4) is 0 Å². The Kier molecular flexibility index (Phi) is 1.75. The Morgan fingerprint density at radius 3 is 3.57 bits per heavy atom. The minimum atomic E-state index is 1.55. The zero-order valence-electron chi connectivity index (χ0n) is 3.66. The molecule has 2 heteroatoms. The van der Waals surface area contributed by atoms with Crippen LogP contribution in [0.25, 0.3) is 0 Å². The molecule has 0 aliphatic carbocycles. The predicted octanol–water partition coefficient (Wildman–Crippen LogP) is 1.59. The summed E-state index contributed by atoms with van der Waals surface area (Å²) in [7, 11) is 0. The van der Waals surface area contributed by atoms with Crippen molar-refractivity contribution in [3.63, 3.8) is 0 Å². The van der Waals surface area contributed by atoms with Gasteiger partial charge in [-0.3, -0.25) is 4.99 Å². The SMILES string of the molecule is [C]1=CN=CSC=C1. The molecule has 0 aromatic heterocycles. The molecule has 0 aromatic rings. The van der Waals surface area contributed by atoms with Crippen LogP contribution in [0.2, 0.25) is 0 Å². The Morgan fingerprint density at radius 2 is 2.57 bits per heavy atom. The molecule has 0 unspecified atom stereocenters. The van der Waals surface area contributed by atoms with Crippen LogP contribution in [-0.2, 0) is 0 Å². The number of rotatable bonds is 0. The maximum Gasteiger partial charge on any atom is 0.0638 e. The molecule has 1 radical (unpaired) electrons. The second-order valence-electron chi connectivity index (χ2n) is 0.989. The summed E-state index contributed by atoms with van der Waals surface area (Å²) < 4.78 is 0. The van der Waals surface area contributed by atoms with Crippen molar-refractivity contribution in [3.05, 3.63) is 23.8 Å². The van der Waals surface area contributed by atoms with E-state index in [1.54, 1.807) is 23.5 Å². The predicted molar refractivity (Wildman–Crippen MR) is 33.0 cm³/mol. The van der Waals surface area contributed by atoms with Gasteiger partial charge in [0.25, 0.3) is 0 Å². The van der Waals surface area contributed by atoms with Crippen LogP contribution in [0.3, 0.4) is 0 Å². The lowest BCUT2D eigenvalue weighted by Crippen LogP contribution is -1.48. The smallest absolute Gasteiger partial charge is 0.0638 e. The van der Waals surface area contributed by atoms with Gasteiger partial charge in [-0.15, -0.1) is 0 Å². The van der Waals surface area contributed by atoms with E-state index in [4.69, 9.17) is 0 Å². The fourth-order valence-corrected chi connectivity index (χ4v) is 0.624. The quantitative estimate of drug-likeness (QED) is 0.461. The van der Waals surface area contributed by atoms with Gasteiger partial charge in [0.05, 0.1) is 5.55 Å². The number of aliphatic imine (C=N–C) groups is 1. The van der Waals surface area contributed by atoms with E-state index in [9.17, 15) is 0 Å². The number of thioether (sulfide) groups is 1. The van der Waals surface area contributed by atoms with E-state index < -0.39 is 0 Å². The third kappa shape index (κ3) is 1.59. The molecule has 1 heterocycles. The van der Waals surface area contributed by atoms with Crippen molar-refractivity contribution < 1.29 is 0 Å². The van der Waals surface area contributed by atoms with Crippen molar-refractivity contribution in [1.29, 1.82) is 0 Å². The molecule has 0 fully saturated rings. The molecule has 1 aliphatic heterocycles. The third-order valence-corrected chi connectivity index (χ3v) is 1.05. The number of nitrogens with zero attached hydrogens (tertiary/aromatic N) is 1. The van der Waals surface area contributed by atoms with Gasteiger partial charge in [0.15, 0.2) is 0 Å². The summed E-state index contributed by atoms with van der Waals surface area (Å²) in [6.45, 7) is 0. The molecule has 1 aliphatic rings. The molecule has 0 saturated heterocycles. The second-order valence-corrected chi connectivity index (χ2v) is 1.74. The van der Waals surface area contributed by atoms with Crippen molar-refractivity contribution in [2.24, 2.45) is 4.99 Å². The van der Waals surface area contributed by atoms with E-state index in [-0.39, 0.29) is 0 Å². The normalized spacial score (nSPS) is 17.1. The molecule has 0 bridgehead atoms. The molecule has 35 valence electrons. The van der Waals surface area contributed by atoms with Crippen LogP contribution in [0, 0.1) is 6.08 Å². The highest BCUT2D eigenvalue weighted by atomic mass is 32.2. The average molecular weight is 110 g/mol. The summed E-state index contributed by atoms with van der Waals surface area (Å²) in [5, 5.41) is 1.92. The second kappa shape index (κ2) is 2.64. The fraction of sp³-hybridized carbons (Fsp3) is 0. The van der Waals surface area contributed by atoms with E-state index >= 15 is 0 Å². The highest BCUT2D eigenvalue weighted by molar-refractivity contribution is 8.14. The van der Waals surface area contributed by atoms with Crippen molar-refractivity contribution >= 4 is 17.3 Å². The molecule has 0 amide bonds.